The van der Waals surface area contributed by atoms with Gasteiger partial charge in [-0.25, -0.2) is 0 Å². The van der Waals surface area contributed by atoms with Crippen LogP contribution in [0.15, 0.2) is 60.8 Å². The third-order valence-electron chi connectivity index (χ3n) is 6.51. The number of carbonyl (C=O) groups is 2. The van der Waals surface area contributed by atoms with Crippen molar-refractivity contribution in [2.45, 2.75) is 25.4 Å². The van der Waals surface area contributed by atoms with Gasteiger partial charge in [-0.15, -0.1) is 0 Å². The van der Waals surface area contributed by atoms with Crippen LogP contribution >= 0.6 is 0 Å². The van der Waals surface area contributed by atoms with E-state index in [2.05, 4.69) is 22.3 Å². The molecule has 5 rings (SSSR count). The van der Waals surface area contributed by atoms with Gasteiger partial charge in [0.2, 0.25) is 5.91 Å². The first-order valence-corrected chi connectivity index (χ1v) is 12.2. The second-order valence-electron chi connectivity index (χ2n) is 9.21. The number of benzene rings is 2. The lowest BCUT2D eigenvalue weighted by molar-refractivity contribution is -0.122. The minimum atomic E-state index is -0.0304. The smallest absolute Gasteiger partial charge is 0.257 e. The van der Waals surface area contributed by atoms with Crippen molar-refractivity contribution in [1.82, 2.24) is 24.9 Å². The van der Waals surface area contributed by atoms with Crippen LogP contribution in [0, 0.1) is 0 Å². The Labute approximate surface area is 205 Å². The van der Waals surface area contributed by atoms with Crippen molar-refractivity contribution in [3.8, 4) is 17.0 Å². The van der Waals surface area contributed by atoms with E-state index in [0.29, 0.717) is 56.6 Å². The van der Waals surface area contributed by atoms with E-state index in [1.807, 2.05) is 58.2 Å². The molecule has 2 fully saturated rings. The number of amides is 2. The topological polar surface area (TPSA) is 79.7 Å². The van der Waals surface area contributed by atoms with E-state index in [-0.39, 0.29) is 11.8 Å². The summed E-state index contributed by atoms with van der Waals surface area (Å²) in [6, 6.07) is 18.1. The van der Waals surface area contributed by atoms with Crippen LogP contribution in [0.2, 0.25) is 0 Å². The van der Waals surface area contributed by atoms with Gasteiger partial charge in [-0.3, -0.25) is 19.2 Å². The van der Waals surface area contributed by atoms with Crippen molar-refractivity contribution in [1.29, 1.82) is 0 Å². The standard InChI is InChI=1S/C27H31N5O3/c1-35-23-11-7-21(8-12-23)26-24(18-32(29-26)17-20-5-3-2-4-6-20)27(34)31-15-13-30(14-16-31)19-25(33)28-22-9-10-22/h2-8,11-12,18,22H,9-10,13-17,19H2,1H3,(H,28,33). The highest BCUT2D eigenvalue weighted by Crippen LogP contribution is 2.26. The fourth-order valence-corrected chi connectivity index (χ4v) is 4.37. The van der Waals surface area contributed by atoms with Gasteiger partial charge in [0.15, 0.2) is 0 Å². The van der Waals surface area contributed by atoms with E-state index in [1.165, 1.54) is 0 Å². The van der Waals surface area contributed by atoms with Gasteiger partial charge in [0.1, 0.15) is 11.4 Å². The van der Waals surface area contributed by atoms with Crippen LogP contribution in [0.3, 0.4) is 0 Å². The third kappa shape index (κ3) is 5.71. The van der Waals surface area contributed by atoms with E-state index in [0.717, 1.165) is 29.7 Å². The summed E-state index contributed by atoms with van der Waals surface area (Å²) < 4.78 is 7.12. The molecule has 2 aromatic carbocycles. The average Bonchev–Trinajstić information content (AvgIpc) is 3.60. The normalized spacial score (nSPS) is 16.2. The highest BCUT2D eigenvalue weighted by atomic mass is 16.5. The molecule has 182 valence electrons. The van der Waals surface area contributed by atoms with Gasteiger partial charge in [-0.2, -0.15) is 5.10 Å². The molecular formula is C27H31N5O3. The number of hydrogen-bond donors (Lipinski definition) is 1. The third-order valence-corrected chi connectivity index (χ3v) is 6.51. The Morgan fingerprint density at radius 3 is 2.37 bits per heavy atom. The number of piperazine rings is 1. The van der Waals surface area contributed by atoms with Crippen molar-refractivity contribution >= 4 is 11.8 Å². The molecule has 0 unspecified atom stereocenters. The zero-order chi connectivity index (χ0) is 24.2. The first-order valence-electron chi connectivity index (χ1n) is 12.2. The molecule has 1 saturated heterocycles. The Morgan fingerprint density at radius 2 is 1.71 bits per heavy atom. The summed E-state index contributed by atoms with van der Waals surface area (Å²) in [7, 11) is 1.63. The monoisotopic (exact) mass is 473 g/mol. The first kappa shape index (κ1) is 23.1. The summed E-state index contributed by atoms with van der Waals surface area (Å²) in [4.78, 5) is 29.7. The zero-order valence-corrected chi connectivity index (χ0v) is 20.0. The Bertz CT molecular complexity index is 1160. The van der Waals surface area contributed by atoms with Gasteiger partial charge in [0.25, 0.3) is 5.91 Å². The first-order chi connectivity index (χ1) is 17.1. The van der Waals surface area contributed by atoms with Crippen LogP contribution in [0.1, 0.15) is 28.8 Å². The molecule has 8 heteroatoms. The summed E-state index contributed by atoms with van der Waals surface area (Å²) in [5, 5.41) is 7.84. The van der Waals surface area contributed by atoms with E-state index in [9.17, 15) is 9.59 Å². The average molecular weight is 474 g/mol. The van der Waals surface area contributed by atoms with Crippen LogP contribution in [-0.4, -0.2) is 77.3 Å². The molecule has 0 spiro atoms. The van der Waals surface area contributed by atoms with Crippen LogP contribution in [0.25, 0.3) is 11.3 Å². The maximum atomic E-state index is 13.6. The summed E-state index contributed by atoms with van der Waals surface area (Å²) in [5.74, 6) is 0.806. The molecule has 1 aromatic heterocycles. The van der Waals surface area contributed by atoms with Gasteiger partial charge in [-0.05, 0) is 42.7 Å². The quantitative estimate of drug-likeness (QED) is 0.544. The maximum absolute atomic E-state index is 13.6. The van der Waals surface area contributed by atoms with Gasteiger partial charge < -0.3 is 15.0 Å². The molecule has 8 nitrogen and oxygen atoms in total. The summed E-state index contributed by atoms with van der Waals surface area (Å²) >= 11 is 0. The van der Waals surface area contributed by atoms with E-state index >= 15 is 0 Å². The van der Waals surface area contributed by atoms with Crippen molar-refractivity contribution in [2.24, 2.45) is 0 Å². The molecule has 1 saturated carbocycles. The lowest BCUT2D eigenvalue weighted by Gasteiger charge is -2.34. The largest absolute Gasteiger partial charge is 0.497 e. The van der Waals surface area contributed by atoms with Crippen molar-refractivity contribution in [3.63, 3.8) is 0 Å². The molecule has 2 amide bonds. The van der Waals surface area contributed by atoms with Gasteiger partial charge in [0, 0.05) is 44.0 Å². The molecule has 3 aromatic rings. The lowest BCUT2D eigenvalue weighted by atomic mass is 10.1. The SMILES string of the molecule is COc1ccc(-c2nn(Cc3ccccc3)cc2C(=O)N2CCN(CC(=O)NC3CC3)CC2)cc1. The predicted octanol–water partition coefficient (Wildman–Crippen LogP) is 2.64. The van der Waals surface area contributed by atoms with Crippen molar-refractivity contribution in [3.05, 3.63) is 71.9 Å². The van der Waals surface area contributed by atoms with E-state index < -0.39 is 0 Å². The Hall–Kier alpha value is -3.65. The molecule has 1 aliphatic heterocycles. The number of hydrogen-bond acceptors (Lipinski definition) is 5. The number of nitrogens with one attached hydrogen (secondary N) is 1. The molecular weight excluding hydrogens is 442 g/mol. The Morgan fingerprint density at radius 1 is 1.00 bits per heavy atom. The second-order valence-corrected chi connectivity index (χ2v) is 9.21. The highest BCUT2D eigenvalue weighted by Gasteiger charge is 2.28. The van der Waals surface area contributed by atoms with Gasteiger partial charge >= 0.3 is 0 Å². The molecule has 1 N–H and O–H groups in total. The molecule has 0 atom stereocenters. The minimum Gasteiger partial charge on any atom is -0.497 e. The van der Waals surface area contributed by atoms with E-state index in [4.69, 9.17) is 9.84 Å². The van der Waals surface area contributed by atoms with Crippen LogP contribution in [0.4, 0.5) is 0 Å². The van der Waals surface area contributed by atoms with Crippen LogP contribution in [0.5, 0.6) is 5.75 Å². The number of nitrogens with zero attached hydrogens (tertiary/aromatic N) is 4. The lowest BCUT2D eigenvalue weighted by Crippen LogP contribution is -2.51. The van der Waals surface area contributed by atoms with Gasteiger partial charge in [-0.1, -0.05) is 30.3 Å². The minimum absolute atomic E-state index is 0.0304. The Balaban J connectivity index is 1.32. The number of rotatable bonds is 8. The molecule has 0 bridgehead atoms. The molecule has 0 radical (unpaired) electrons. The number of methoxy groups -OCH3 is 1. The predicted molar refractivity (Wildman–Crippen MR) is 133 cm³/mol. The fourth-order valence-electron chi connectivity index (χ4n) is 4.37. The van der Waals surface area contributed by atoms with Crippen molar-refractivity contribution in [2.75, 3.05) is 39.8 Å². The summed E-state index contributed by atoms with van der Waals surface area (Å²) in [5.41, 5.74) is 3.25. The number of aromatic nitrogens is 2. The van der Waals surface area contributed by atoms with E-state index in [1.54, 1.807) is 7.11 Å². The van der Waals surface area contributed by atoms with Crippen LogP contribution < -0.4 is 10.1 Å². The molecule has 2 heterocycles. The highest BCUT2D eigenvalue weighted by molar-refractivity contribution is 6.00. The molecule has 2 aliphatic rings. The van der Waals surface area contributed by atoms with Crippen molar-refractivity contribution < 1.29 is 14.3 Å². The number of carbonyl (C=O) groups excluding carboxylic acids is 2. The molecule has 1 aliphatic carbocycles. The summed E-state index contributed by atoms with van der Waals surface area (Å²) in [6.07, 6.45) is 4.02. The number of ether oxygens (including phenoxy) is 1. The summed E-state index contributed by atoms with van der Waals surface area (Å²) in [6.45, 7) is 3.51. The fraction of sp³-hybridized carbons (Fsp3) is 0.370. The molecule has 35 heavy (non-hydrogen) atoms. The van der Waals surface area contributed by atoms with Crippen LogP contribution in [-0.2, 0) is 11.3 Å². The Kier molecular flexibility index (Phi) is 6.81. The second kappa shape index (κ2) is 10.3. The maximum Gasteiger partial charge on any atom is 0.257 e. The zero-order valence-electron chi connectivity index (χ0n) is 20.0. The van der Waals surface area contributed by atoms with Gasteiger partial charge in [0.05, 0.1) is 25.8 Å².